The molecule has 0 saturated carbocycles. The lowest BCUT2D eigenvalue weighted by atomic mass is 10.1. The first-order chi connectivity index (χ1) is 13.4. The van der Waals surface area contributed by atoms with Crippen LogP contribution in [0, 0.1) is 5.82 Å². The summed E-state index contributed by atoms with van der Waals surface area (Å²) in [6.45, 7) is 0.289. The molecule has 0 saturated heterocycles. The number of nitrogens with one attached hydrogen (secondary N) is 1. The van der Waals surface area contributed by atoms with Crippen molar-refractivity contribution in [1.29, 1.82) is 0 Å². The minimum absolute atomic E-state index is 0.167. The van der Waals surface area contributed by atoms with Crippen LogP contribution >= 0.6 is 11.6 Å². The molecule has 0 spiro atoms. The molecule has 142 valence electrons. The van der Waals surface area contributed by atoms with E-state index in [1.165, 1.54) is 23.0 Å². The summed E-state index contributed by atoms with van der Waals surface area (Å²) in [6, 6.07) is 16.6. The van der Waals surface area contributed by atoms with Gasteiger partial charge >= 0.3 is 0 Å². The number of rotatable bonds is 5. The third-order valence-electron chi connectivity index (χ3n) is 4.26. The summed E-state index contributed by atoms with van der Waals surface area (Å²) >= 11 is 6.03. The summed E-state index contributed by atoms with van der Waals surface area (Å²) in [6.07, 6.45) is 2.97. The highest BCUT2D eigenvalue weighted by Crippen LogP contribution is 2.22. The molecule has 3 aromatic carbocycles. The van der Waals surface area contributed by atoms with Crippen molar-refractivity contribution in [1.82, 2.24) is 9.78 Å². The second kappa shape index (κ2) is 7.26. The van der Waals surface area contributed by atoms with Crippen LogP contribution < -0.4 is 4.72 Å². The fraction of sp³-hybridized carbons (Fsp3) is 0.0500. The normalized spacial score (nSPS) is 11.6. The molecule has 0 aliphatic heterocycles. The van der Waals surface area contributed by atoms with Gasteiger partial charge in [-0.2, -0.15) is 5.10 Å². The monoisotopic (exact) mass is 415 g/mol. The highest BCUT2D eigenvalue weighted by atomic mass is 35.5. The lowest BCUT2D eigenvalue weighted by molar-refractivity contribution is 0.601. The second-order valence-corrected chi connectivity index (χ2v) is 8.37. The van der Waals surface area contributed by atoms with Crippen LogP contribution in [0.4, 0.5) is 10.1 Å². The zero-order valence-electron chi connectivity index (χ0n) is 14.5. The van der Waals surface area contributed by atoms with Gasteiger partial charge in [-0.05, 0) is 40.6 Å². The number of hydrogen-bond acceptors (Lipinski definition) is 3. The average Bonchev–Trinajstić information content (AvgIpc) is 3.10. The summed E-state index contributed by atoms with van der Waals surface area (Å²) in [5, 5.41) is 6.23. The van der Waals surface area contributed by atoms with Crippen LogP contribution in [-0.2, 0) is 16.6 Å². The summed E-state index contributed by atoms with van der Waals surface area (Å²) in [5.74, 6) is -0.418. The van der Waals surface area contributed by atoms with Crippen molar-refractivity contribution in [3.05, 3.63) is 89.5 Å². The molecule has 4 rings (SSSR count). The predicted octanol–water partition coefficient (Wildman–Crippen LogP) is 4.68. The van der Waals surface area contributed by atoms with Crippen LogP contribution in [0.5, 0.6) is 0 Å². The fourth-order valence-electron chi connectivity index (χ4n) is 2.88. The van der Waals surface area contributed by atoms with Crippen molar-refractivity contribution in [2.24, 2.45) is 0 Å². The Balaban J connectivity index is 1.55. The van der Waals surface area contributed by atoms with Crippen molar-refractivity contribution >= 4 is 38.1 Å². The van der Waals surface area contributed by atoms with Gasteiger partial charge in [0.2, 0.25) is 0 Å². The maximum atomic E-state index is 13.2. The molecule has 0 bridgehead atoms. The average molecular weight is 416 g/mol. The van der Waals surface area contributed by atoms with Gasteiger partial charge in [-0.25, -0.2) is 12.8 Å². The smallest absolute Gasteiger partial charge is 0.262 e. The van der Waals surface area contributed by atoms with E-state index in [0.717, 1.165) is 10.8 Å². The number of fused-ring (bicyclic) bond motifs is 1. The van der Waals surface area contributed by atoms with Crippen LogP contribution in [0.3, 0.4) is 0 Å². The van der Waals surface area contributed by atoms with Crippen molar-refractivity contribution < 1.29 is 12.8 Å². The minimum atomic E-state index is -3.76. The van der Waals surface area contributed by atoms with E-state index >= 15 is 0 Å². The van der Waals surface area contributed by atoms with Crippen molar-refractivity contribution in [3.8, 4) is 0 Å². The predicted molar refractivity (Wildman–Crippen MR) is 107 cm³/mol. The Morgan fingerprint density at radius 3 is 2.61 bits per heavy atom. The first kappa shape index (κ1) is 18.5. The number of aromatic nitrogens is 2. The molecule has 5 nitrogen and oxygen atoms in total. The molecule has 0 amide bonds. The molecule has 1 aromatic heterocycles. The highest BCUT2D eigenvalue weighted by molar-refractivity contribution is 7.92. The van der Waals surface area contributed by atoms with E-state index in [0.29, 0.717) is 11.3 Å². The zero-order chi connectivity index (χ0) is 19.7. The van der Waals surface area contributed by atoms with E-state index in [-0.39, 0.29) is 16.5 Å². The number of benzene rings is 3. The molecule has 28 heavy (non-hydrogen) atoms. The van der Waals surface area contributed by atoms with Crippen LogP contribution in [0.25, 0.3) is 10.8 Å². The Morgan fingerprint density at radius 2 is 1.82 bits per heavy atom. The van der Waals surface area contributed by atoms with E-state index in [1.807, 2.05) is 24.3 Å². The molecule has 0 atom stereocenters. The van der Waals surface area contributed by atoms with Crippen LogP contribution in [0.2, 0.25) is 5.02 Å². The van der Waals surface area contributed by atoms with E-state index in [9.17, 15) is 12.8 Å². The number of sulfonamides is 1. The Bertz CT molecular complexity index is 1270. The number of nitrogens with zero attached hydrogens (tertiary/aromatic N) is 2. The third kappa shape index (κ3) is 3.85. The Morgan fingerprint density at radius 1 is 1.04 bits per heavy atom. The molecule has 0 radical (unpaired) electrons. The molecule has 1 N–H and O–H groups in total. The van der Waals surface area contributed by atoms with Crippen LogP contribution in [-0.4, -0.2) is 18.2 Å². The topological polar surface area (TPSA) is 64.0 Å². The van der Waals surface area contributed by atoms with E-state index < -0.39 is 15.8 Å². The van der Waals surface area contributed by atoms with Gasteiger partial charge in [-0.1, -0.05) is 48.0 Å². The molecule has 0 fully saturated rings. The Hall–Kier alpha value is -2.90. The largest absolute Gasteiger partial charge is 0.276 e. The number of halogens is 2. The maximum absolute atomic E-state index is 13.2. The quantitative estimate of drug-likeness (QED) is 0.514. The van der Waals surface area contributed by atoms with E-state index in [1.54, 1.807) is 30.5 Å². The van der Waals surface area contributed by atoms with Crippen molar-refractivity contribution in [2.45, 2.75) is 11.4 Å². The SMILES string of the molecule is O=S(=O)(Nc1cnn(Cc2ccc(F)cc2Cl)c1)c1ccc2ccccc2c1. The van der Waals surface area contributed by atoms with Gasteiger partial charge < -0.3 is 0 Å². The molecule has 4 aromatic rings. The van der Waals surface area contributed by atoms with Gasteiger partial charge in [0, 0.05) is 11.2 Å². The van der Waals surface area contributed by atoms with Gasteiger partial charge in [0.25, 0.3) is 10.0 Å². The molecular weight excluding hydrogens is 401 g/mol. The lowest BCUT2D eigenvalue weighted by Gasteiger charge is -2.07. The van der Waals surface area contributed by atoms with Gasteiger partial charge in [-0.3, -0.25) is 9.40 Å². The standard InChI is InChI=1S/C20H15ClFN3O2S/c21-20-10-17(22)7-5-16(20)12-25-13-18(11-23-25)24-28(26,27)19-8-6-14-3-1-2-4-15(14)9-19/h1-11,13,24H,12H2. The van der Waals surface area contributed by atoms with Crippen LogP contribution in [0.15, 0.2) is 78.0 Å². The van der Waals surface area contributed by atoms with E-state index in [2.05, 4.69) is 9.82 Å². The Labute approximate surface area is 166 Å². The lowest BCUT2D eigenvalue weighted by Crippen LogP contribution is -2.12. The molecule has 0 aliphatic carbocycles. The molecular formula is C20H15ClFN3O2S. The fourth-order valence-corrected chi connectivity index (χ4v) is 4.17. The van der Waals surface area contributed by atoms with Gasteiger partial charge in [0.05, 0.1) is 23.3 Å². The third-order valence-corrected chi connectivity index (χ3v) is 5.99. The zero-order valence-corrected chi connectivity index (χ0v) is 16.1. The first-order valence-corrected chi connectivity index (χ1v) is 10.2. The summed E-state index contributed by atoms with van der Waals surface area (Å²) in [5.41, 5.74) is 1.00. The van der Waals surface area contributed by atoms with Gasteiger partial charge in [0.15, 0.2) is 0 Å². The van der Waals surface area contributed by atoms with Crippen molar-refractivity contribution in [2.75, 3.05) is 4.72 Å². The van der Waals surface area contributed by atoms with Gasteiger partial charge in [-0.15, -0.1) is 0 Å². The summed E-state index contributed by atoms with van der Waals surface area (Å²) in [4.78, 5) is 0.167. The van der Waals surface area contributed by atoms with Crippen LogP contribution in [0.1, 0.15) is 5.56 Å². The molecule has 8 heteroatoms. The number of anilines is 1. The number of hydrogen-bond donors (Lipinski definition) is 1. The van der Waals surface area contributed by atoms with Crippen molar-refractivity contribution in [3.63, 3.8) is 0 Å². The molecule has 1 heterocycles. The highest BCUT2D eigenvalue weighted by Gasteiger charge is 2.16. The molecule has 0 unspecified atom stereocenters. The summed E-state index contributed by atoms with van der Waals surface area (Å²) < 4.78 is 42.6. The molecule has 0 aliphatic rings. The van der Waals surface area contributed by atoms with E-state index in [4.69, 9.17) is 11.6 Å². The Kier molecular flexibility index (Phi) is 4.78. The minimum Gasteiger partial charge on any atom is -0.276 e. The first-order valence-electron chi connectivity index (χ1n) is 8.39. The second-order valence-electron chi connectivity index (χ2n) is 6.28. The summed E-state index contributed by atoms with van der Waals surface area (Å²) in [7, 11) is -3.76. The maximum Gasteiger partial charge on any atom is 0.262 e. The van der Waals surface area contributed by atoms with Gasteiger partial charge in [0.1, 0.15) is 5.82 Å².